The largest absolute Gasteiger partial charge is 0.327 e. The van der Waals surface area contributed by atoms with Gasteiger partial charge in [0.05, 0.1) is 23.5 Å². The quantitative estimate of drug-likeness (QED) is 0.423. The smallest absolute Gasteiger partial charge is 0.0531 e. The lowest BCUT2D eigenvalue weighted by atomic mass is 9.38. The van der Waals surface area contributed by atoms with Crippen LogP contribution in [0.15, 0.2) is 0 Å². The molecule has 1 aliphatic rings. The molecule has 36 valence electrons. The van der Waals surface area contributed by atoms with Crippen LogP contribution in [0.2, 0.25) is 5.11 Å². The summed E-state index contributed by atoms with van der Waals surface area (Å²) in [5, 5.41) is -1.17. The van der Waals surface area contributed by atoms with E-state index in [1.807, 2.05) is 0 Å². The van der Waals surface area contributed by atoms with Crippen LogP contribution in [-0.4, -0.2) is 29.1 Å². The topological polar surface area (TPSA) is 26.0 Å². The van der Waals surface area contributed by atoms with Crippen molar-refractivity contribution in [1.29, 1.82) is 0 Å². The van der Waals surface area contributed by atoms with Gasteiger partial charge in [-0.15, -0.1) is 5.11 Å². The molecule has 0 saturated heterocycles. The molecule has 1 rings (SSSR count). The Hall–Kier alpha value is 0.155. The molecular formula is C4H6B3N. The van der Waals surface area contributed by atoms with Gasteiger partial charge in [0.2, 0.25) is 0 Å². The van der Waals surface area contributed by atoms with Crippen LogP contribution >= 0.6 is 0 Å². The van der Waals surface area contributed by atoms with Crippen molar-refractivity contribution in [2.24, 2.45) is 5.73 Å². The summed E-state index contributed by atoms with van der Waals surface area (Å²) in [6.07, 6.45) is 1.69. The van der Waals surface area contributed by atoms with E-state index in [2.05, 4.69) is 0 Å². The molecule has 0 unspecified atom stereocenters. The summed E-state index contributed by atoms with van der Waals surface area (Å²) >= 11 is 0. The maximum absolute atomic E-state index is 5.55. The van der Waals surface area contributed by atoms with Crippen molar-refractivity contribution in [2.75, 3.05) is 0 Å². The molecule has 0 spiro atoms. The van der Waals surface area contributed by atoms with E-state index in [4.69, 9.17) is 29.3 Å². The van der Waals surface area contributed by atoms with Crippen LogP contribution in [0.5, 0.6) is 0 Å². The SMILES string of the molecule is [B]C([B])([B])C1(N)CC1. The second-order valence-corrected chi connectivity index (χ2v) is 2.59. The minimum atomic E-state index is -1.17. The minimum absolute atomic E-state index is 0.479. The third-order valence-corrected chi connectivity index (χ3v) is 1.65. The third kappa shape index (κ3) is 0.816. The number of hydrogen-bond donors (Lipinski definition) is 1. The molecular weight excluding hydrogens is 94.5 g/mol. The standard InChI is InChI=1S/C4H6B3N/c5-4(6,7)3(8)1-2-3/h1-2,8H2. The van der Waals surface area contributed by atoms with Crippen molar-refractivity contribution in [3.8, 4) is 0 Å². The van der Waals surface area contributed by atoms with Crippen LogP contribution in [0, 0.1) is 0 Å². The van der Waals surface area contributed by atoms with Crippen LogP contribution in [-0.2, 0) is 0 Å². The Kier molecular flexibility index (Phi) is 1.06. The van der Waals surface area contributed by atoms with Gasteiger partial charge in [0, 0.05) is 0 Å². The van der Waals surface area contributed by atoms with E-state index >= 15 is 0 Å². The molecule has 0 bridgehead atoms. The Morgan fingerprint density at radius 3 is 1.62 bits per heavy atom. The molecule has 4 heteroatoms. The summed E-state index contributed by atoms with van der Waals surface area (Å²) in [7, 11) is 15.9. The van der Waals surface area contributed by atoms with Crippen LogP contribution < -0.4 is 5.73 Å². The maximum atomic E-state index is 5.55. The van der Waals surface area contributed by atoms with Gasteiger partial charge in [-0.1, -0.05) is 0 Å². The summed E-state index contributed by atoms with van der Waals surface area (Å²) < 4.78 is 0. The van der Waals surface area contributed by atoms with Crippen LogP contribution in [0.25, 0.3) is 0 Å². The van der Waals surface area contributed by atoms with Gasteiger partial charge in [0.25, 0.3) is 0 Å². The van der Waals surface area contributed by atoms with Crippen molar-refractivity contribution in [2.45, 2.75) is 23.5 Å². The fourth-order valence-electron chi connectivity index (χ4n) is 0.568. The molecule has 0 aromatic carbocycles. The molecule has 1 nitrogen and oxygen atoms in total. The molecule has 1 fully saturated rings. The molecule has 0 aromatic rings. The molecule has 6 radical (unpaired) electrons. The number of nitrogens with two attached hydrogens (primary N) is 1. The van der Waals surface area contributed by atoms with Gasteiger partial charge in [0.1, 0.15) is 0 Å². The molecule has 0 amide bonds. The average molecular weight is 101 g/mol. The second kappa shape index (κ2) is 1.35. The highest BCUT2D eigenvalue weighted by atomic mass is 14.8. The highest BCUT2D eigenvalue weighted by Crippen LogP contribution is 2.46. The van der Waals surface area contributed by atoms with Gasteiger partial charge < -0.3 is 5.73 Å². The van der Waals surface area contributed by atoms with Gasteiger partial charge in [0.15, 0.2) is 0 Å². The van der Waals surface area contributed by atoms with Crippen molar-refractivity contribution < 1.29 is 0 Å². The summed E-state index contributed by atoms with van der Waals surface area (Å²) in [5.41, 5.74) is 5.07. The van der Waals surface area contributed by atoms with Gasteiger partial charge in [-0.2, -0.15) is 0 Å². The average Bonchev–Trinajstić information content (AvgIpc) is 2.16. The van der Waals surface area contributed by atoms with E-state index in [9.17, 15) is 0 Å². The molecule has 0 atom stereocenters. The monoisotopic (exact) mass is 101 g/mol. The summed E-state index contributed by atoms with van der Waals surface area (Å²) in [6.45, 7) is 0. The maximum Gasteiger partial charge on any atom is 0.0531 e. The predicted molar refractivity (Wildman–Crippen MR) is 36.1 cm³/mol. The summed E-state index contributed by atoms with van der Waals surface area (Å²) in [6, 6.07) is 0. The highest BCUT2D eigenvalue weighted by Gasteiger charge is 2.46. The van der Waals surface area contributed by atoms with E-state index in [0.29, 0.717) is 0 Å². The molecule has 0 heterocycles. The van der Waals surface area contributed by atoms with Crippen molar-refractivity contribution >= 4 is 23.5 Å². The number of hydrogen-bond acceptors (Lipinski definition) is 1. The lowest BCUT2D eigenvalue weighted by molar-refractivity contribution is 0.684. The molecule has 2 N–H and O–H groups in total. The lowest BCUT2D eigenvalue weighted by Gasteiger charge is -2.27. The Labute approximate surface area is 53.6 Å². The van der Waals surface area contributed by atoms with Crippen molar-refractivity contribution in [1.82, 2.24) is 0 Å². The molecule has 0 aromatic heterocycles. The normalized spacial score (nSPS) is 25.1. The first-order chi connectivity index (χ1) is 3.46. The zero-order valence-electron chi connectivity index (χ0n) is 4.72. The molecule has 1 saturated carbocycles. The van der Waals surface area contributed by atoms with E-state index in [1.54, 1.807) is 0 Å². The van der Waals surface area contributed by atoms with Gasteiger partial charge >= 0.3 is 0 Å². The molecule has 0 aliphatic heterocycles. The summed E-state index contributed by atoms with van der Waals surface area (Å²) in [4.78, 5) is 0. The zero-order valence-corrected chi connectivity index (χ0v) is 4.72. The Morgan fingerprint density at radius 1 is 1.25 bits per heavy atom. The Balaban J connectivity index is 2.58. The Bertz CT molecular complexity index is 99.1. The van der Waals surface area contributed by atoms with E-state index in [1.165, 1.54) is 0 Å². The fraction of sp³-hybridized carbons (Fsp3) is 1.00. The van der Waals surface area contributed by atoms with Crippen LogP contribution in [0.4, 0.5) is 0 Å². The van der Waals surface area contributed by atoms with Crippen LogP contribution in [0.1, 0.15) is 12.8 Å². The van der Waals surface area contributed by atoms with E-state index in [-0.39, 0.29) is 0 Å². The first-order valence-corrected chi connectivity index (χ1v) is 2.61. The van der Waals surface area contributed by atoms with Gasteiger partial charge in [-0.05, 0) is 18.4 Å². The fourth-order valence-corrected chi connectivity index (χ4v) is 0.568. The lowest BCUT2D eigenvalue weighted by Crippen LogP contribution is -2.39. The van der Waals surface area contributed by atoms with E-state index in [0.717, 1.165) is 12.8 Å². The Morgan fingerprint density at radius 2 is 1.62 bits per heavy atom. The predicted octanol–water partition coefficient (Wildman–Crippen LogP) is -0.943. The second-order valence-electron chi connectivity index (χ2n) is 2.59. The zero-order chi connectivity index (χ0) is 6.41. The minimum Gasteiger partial charge on any atom is -0.327 e. The first kappa shape index (κ1) is 6.28. The number of rotatable bonds is 1. The highest BCUT2D eigenvalue weighted by molar-refractivity contribution is 6.60. The molecule has 8 heavy (non-hydrogen) atoms. The third-order valence-electron chi connectivity index (χ3n) is 1.65. The first-order valence-electron chi connectivity index (χ1n) is 2.61. The van der Waals surface area contributed by atoms with E-state index < -0.39 is 10.7 Å². The van der Waals surface area contributed by atoms with Crippen LogP contribution in [0.3, 0.4) is 0 Å². The van der Waals surface area contributed by atoms with Crippen molar-refractivity contribution in [3.63, 3.8) is 0 Å². The summed E-state index contributed by atoms with van der Waals surface area (Å²) in [5.74, 6) is 0. The van der Waals surface area contributed by atoms with Gasteiger partial charge in [-0.3, -0.25) is 0 Å². The van der Waals surface area contributed by atoms with Gasteiger partial charge in [-0.25, -0.2) is 0 Å². The van der Waals surface area contributed by atoms with Crippen molar-refractivity contribution in [3.05, 3.63) is 0 Å². The molecule has 1 aliphatic carbocycles.